The van der Waals surface area contributed by atoms with Crippen molar-refractivity contribution in [3.63, 3.8) is 0 Å². The Kier molecular flexibility index (Phi) is 2.49. The molecule has 0 bridgehead atoms. The quantitative estimate of drug-likeness (QED) is 0.742. The van der Waals surface area contributed by atoms with Crippen LogP contribution in [0.1, 0.15) is 10.5 Å². The van der Waals surface area contributed by atoms with E-state index < -0.39 is 0 Å². The highest BCUT2D eigenvalue weighted by Gasteiger charge is 2.10. The van der Waals surface area contributed by atoms with Crippen molar-refractivity contribution in [1.82, 2.24) is 19.5 Å². The zero-order valence-electron chi connectivity index (χ0n) is 9.45. The van der Waals surface area contributed by atoms with Crippen LogP contribution in [0.4, 0.5) is 0 Å². The van der Waals surface area contributed by atoms with E-state index in [0.29, 0.717) is 5.69 Å². The molecule has 5 heteroatoms. The Balaban J connectivity index is 1.93. The zero-order chi connectivity index (χ0) is 12.4. The summed E-state index contributed by atoms with van der Waals surface area (Å²) in [7, 11) is 0. The Morgan fingerprint density at radius 3 is 2.67 bits per heavy atom. The molecule has 3 aromatic rings. The molecule has 1 N–H and O–H groups in total. The number of rotatable bonds is 2. The minimum atomic E-state index is -0.132. The summed E-state index contributed by atoms with van der Waals surface area (Å²) in [6.45, 7) is 0. The highest BCUT2D eigenvalue weighted by atomic mass is 16.2. The maximum Gasteiger partial charge on any atom is 0.279 e. The molecule has 0 saturated heterocycles. The SMILES string of the molecule is O=C(c1cc(-c2ccncc2)c[nH]1)n1ccnc1. The molecule has 0 radical (unpaired) electrons. The molecule has 0 spiro atoms. The lowest BCUT2D eigenvalue weighted by molar-refractivity contribution is 0.0955. The number of H-pyrrole nitrogens is 1. The molecule has 3 aromatic heterocycles. The van der Waals surface area contributed by atoms with Gasteiger partial charge in [-0.1, -0.05) is 0 Å². The van der Waals surface area contributed by atoms with Crippen molar-refractivity contribution in [2.75, 3.05) is 0 Å². The van der Waals surface area contributed by atoms with Crippen molar-refractivity contribution < 1.29 is 4.79 Å². The second kappa shape index (κ2) is 4.29. The van der Waals surface area contributed by atoms with Gasteiger partial charge in [0, 0.05) is 36.5 Å². The van der Waals surface area contributed by atoms with Crippen molar-refractivity contribution in [1.29, 1.82) is 0 Å². The Morgan fingerprint density at radius 2 is 1.94 bits per heavy atom. The smallest absolute Gasteiger partial charge is 0.279 e. The highest BCUT2D eigenvalue weighted by Crippen LogP contribution is 2.19. The van der Waals surface area contributed by atoms with E-state index in [0.717, 1.165) is 11.1 Å². The van der Waals surface area contributed by atoms with Gasteiger partial charge in [0.05, 0.1) is 0 Å². The summed E-state index contributed by atoms with van der Waals surface area (Å²) in [5.41, 5.74) is 2.51. The van der Waals surface area contributed by atoms with Gasteiger partial charge in [-0.05, 0) is 23.8 Å². The minimum absolute atomic E-state index is 0.132. The predicted molar refractivity (Wildman–Crippen MR) is 66.0 cm³/mol. The van der Waals surface area contributed by atoms with Crippen LogP contribution >= 0.6 is 0 Å². The maximum atomic E-state index is 12.0. The molecule has 18 heavy (non-hydrogen) atoms. The van der Waals surface area contributed by atoms with Gasteiger partial charge in [-0.2, -0.15) is 0 Å². The van der Waals surface area contributed by atoms with E-state index in [4.69, 9.17) is 0 Å². The van der Waals surface area contributed by atoms with Gasteiger partial charge in [0.25, 0.3) is 5.91 Å². The molecular weight excluding hydrogens is 228 g/mol. The fourth-order valence-corrected chi connectivity index (χ4v) is 1.75. The number of imidazole rings is 1. The molecule has 0 atom stereocenters. The Hall–Kier alpha value is -2.69. The molecular formula is C13H10N4O. The summed E-state index contributed by atoms with van der Waals surface area (Å²) in [6, 6.07) is 5.61. The van der Waals surface area contributed by atoms with Gasteiger partial charge in [0.1, 0.15) is 12.0 Å². The van der Waals surface area contributed by atoms with Crippen LogP contribution in [0.3, 0.4) is 0 Å². The molecule has 3 rings (SSSR count). The number of nitrogens with zero attached hydrogens (tertiary/aromatic N) is 3. The fraction of sp³-hybridized carbons (Fsp3) is 0. The van der Waals surface area contributed by atoms with Gasteiger partial charge >= 0.3 is 0 Å². The second-order valence-electron chi connectivity index (χ2n) is 3.81. The van der Waals surface area contributed by atoms with E-state index in [1.54, 1.807) is 31.0 Å². The third-order valence-electron chi connectivity index (χ3n) is 2.67. The van der Waals surface area contributed by atoms with Crippen LogP contribution in [-0.4, -0.2) is 25.4 Å². The number of hydrogen-bond acceptors (Lipinski definition) is 3. The average molecular weight is 238 g/mol. The minimum Gasteiger partial charge on any atom is -0.357 e. The first-order valence-electron chi connectivity index (χ1n) is 5.46. The van der Waals surface area contributed by atoms with E-state index >= 15 is 0 Å². The number of aromatic nitrogens is 4. The zero-order valence-corrected chi connectivity index (χ0v) is 9.45. The van der Waals surface area contributed by atoms with Crippen molar-refractivity contribution in [3.05, 3.63) is 61.2 Å². The van der Waals surface area contributed by atoms with Crippen LogP contribution in [0, 0.1) is 0 Å². The van der Waals surface area contributed by atoms with Crippen LogP contribution in [0.2, 0.25) is 0 Å². The number of carbonyl (C=O) groups excluding carboxylic acids is 1. The van der Waals surface area contributed by atoms with Gasteiger partial charge < -0.3 is 4.98 Å². The molecule has 0 unspecified atom stereocenters. The molecule has 0 aromatic carbocycles. The van der Waals surface area contributed by atoms with Gasteiger partial charge in [0.2, 0.25) is 0 Å². The van der Waals surface area contributed by atoms with Gasteiger partial charge in [-0.15, -0.1) is 0 Å². The summed E-state index contributed by atoms with van der Waals surface area (Å²) in [5, 5.41) is 0. The Labute approximate surface area is 103 Å². The predicted octanol–water partition coefficient (Wildman–Crippen LogP) is 1.96. The summed E-state index contributed by atoms with van der Waals surface area (Å²) < 4.78 is 1.43. The van der Waals surface area contributed by atoms with Gasteiger partial charge in [0.15, 0.2) is 0 Å². The molecule has 0 aliphatic rings. The van der Waals surface area contributed by atoms with Crippen LogP contribution in [0.5, 0.6) is 0 Å². The van der Waals surface area contributed by atoms with Crippen LogP contribution in [0.25, 0.3) is 11.1 Å². The number of nitrogens with one attached hydrogen (secondary N) is 1. The molecule has 5 nitrogen and oxygen atoms in total. The topological polar surface area (TPSA) is 63.6 Å². The first-order chi connectivity index (χ1) is 8.84. The van der Waals surface area contributed by atoms with E-state index in [2.05, 4.69) is 15.0 Å². The first-order valence-corrected chi connectivity index (χ1v) is 5.46. The second-order valence-corrected chi connectivity index (χ2v) is 3.81. The number of aromatic amines is 1. The average Bonchev–Trinajstić information content (AvgIpc) is 3.10. The van der Waals surface area contributed by atoms with Crippen molar-refractivity contribution in [2.45, 2.75) is 0 Å². The van der Waals surface area contributed by atoms with Crippen LogP contribution in [0.15, 0.2) is 55.5 Å². The van der Waals surface area contributed by atoms with Gasteiger partial charge in [-0.3, -0.25) is 14.3 Å². The summed E-state index contributed by atoms with van der Waals surface area (Å²) in [4.78, 5) is 22.8. The molecule has 0 fully saturated rings. The van der Waals surface area contributed by atoms with E-state index in [1.165, 1.54) is 10.9 Å². The molecule has 0 aliphatic carbocycles. The number of pyridine rings is 1. The monoisotopic (exact) mass is 238 g/mol. The first kappa shape index (κ1) is 10.5. The Morgan fingerprint density at radius 1 is 1.11 bits per heavy atom. The third kappa shape index (κ3) is 1.82. The van der Waals surface area contributed by atoms with E-state index in [9.17, 15) is 4.79 Å². The summed E-state index contributed by atoms with van der Waals surface area (Å²) >= 11 is 0. The molecule has 0 saturated carbocycles. The lowest BCUT2D eigenvalue weighted by atomic mass is 10.1. The standard InChI is InChI=1S/C13H10N4O/c18-13(17-6-5-15-9-17)12-7-11(8-16-12)10-1-3-14-4-2-10/h1-9,16H. The van der Waals surface area contributed by atoms with E-state index in [-0.39, 0.29) is 5.91 Å². The Bertz CT molecular complexity index is 655. The summed E-state index contributed by atoms with van der Waals surface area (Å²) in [5.74, 6) is -0.132. The normalized spacial score (nSPS) is 10.4. The number of hydrogen-bond donors (Lipinski definition) is 1. The van der Waals surface area contributed by atoms with Gasteiger partial charge in [-0.25, -0.2) is 4.98 Å². The molecule has 88 valence electrons. The number of carbonyl (C=O) groups is 1. The molecule has 3 heterocycles. The molecule has 0 amide bonds. The van der Waals surface area contributed by atoms with Crippen molar-refractivity contribution in [3.8, 4) is 11.1 Å². The van der Waals surface area contributed by atoms with Crippen LogP contribution < -0.4 is 0 Å². The van der Waals surface area contributed by atoms with Crippen molar-refractivity contribution in [2.24, 2.45) is 0 Å². The lowest BCUT2D eigenvalue weighted by Gasteiger charge is -1.97. The maximum absolute atomic E-state index is 12.0. The molecule has 0 aliphatic heterocycles. The largest absolute Gasteiger partial charge is 0.357 e. The van der Waals surface area contributed by atoms with E-state index in [1.807, 2.05) is 18.2 Å². The highest BCUT2D eigenvalue weighted by molar-refractivity contribution is 5.95. The van der Waals surface area contributed by atoms with Crippen molar-refractivity contribution >= 4 is 5.91 Å². The lowest BCUT2D eigenvalue weighted by Crippen LogP contribution is -2.09. The van der Waals surface area contributed by atoms with Crippen LogP contribution in [-0.2, 0) is 0 Å². The third-order valence-corrected chi connectivity index (χ3v) is 2.67. The summed E-state index contributed by atoms with van der Waals surface area (Å²) in [6.07, 6.45) is 9.92. The fourth-order valence-electron chi connectivity index (χ4n) is 1.75.